The molecule has 3 aliphatic rings. The molecular formula is C32H34FN9O3. The number of piperidine rings is 1. The van der Waals surface area contributed by atoms with Crippen LogP contribution < -0.4 is 20.7 Å². The van der Waals surface area contributed by atoms with Crippen molar-refractivity contribution in [2.24, 2.45) is 5.73 Å². The molecule has 0 spiro atoms. The maximum Gasteiger partial charge on any atom is 0.254 e. The third-order valence-electron chi connectivity index (χ3n) is 8.41. The summed E-state index contributed by atoms with van der Waals surface area (Å²) in [6.45, 7) is 3.31. The molecule has 4 aromatic rings. The summed E-state index contributed by atoms with van der Waals surface area (Å²) in [6, 6.07) is 12.5. The first-order valence-electron chi connectivity index (χ1n) is 15.3. The molecule has 0 bridgehead atoms. The zero-order chi connectivity index (χ0) is 30.9. The van der Waals surface area contributed by atoms with E-state index in [0.717, 1.165) is 36.6 Å². The number of morpholine rings is 1. The van der Waals surface area contributed by atoms with Gasteiger partial charge in [0.2, 0.25) is 11.8 Å². The van der Waals surface area contributed by atoms with Gasteiger partial charge in [0, 0.05) is 37.1 Å². The molecule has 2 saturated heterocycles. The van der Waals surface area contributed by atoms with Crippen LogP contribution in [0.3, 0.4) is 0 Å². The predicted octanol–water partition coefficient (Wildman–Crippen LogP) is 3.98. The molecule has 1 amide bonds. The number of halogens is 1. The lowest BCUT2D eigenvalue weighted by Gasteiger charge is -2.32. The van der Waals surface area contributed by atoms with Crippen molar-refractivity contribution < 1.29 is 18.7 Å². The number of amidine groups is 1. The fourth-order valence-electron chi connectivity index (χ4n) is 5.87. The van der Waals surface area contributed by atoms with Crippen LogP contribution in [0.25, 0.3) is 10.8 Å². The van der Waals surface area contributed by atoms with Crippen LogP contribution in [0.5, 0.6) is 5.88 Å². The van der Waals surface area contributed by atoms with Gasteiger partial charge in [-0.05, 0) is 78.9 Å². The maximum atomic E-state index is 15.2. The van der Waals surface area contributed by atoms with E-state index >= 15 is 4.39 Å². The molecule has 0 radical (unpaired) electrons. The monoisotopic (exact) mass is 611 g/mol. The first kappa shape index (κ1) is 28.8. The Morgan fingerprint density at radius 3 is 2.62 bits per heavy atom. The predicted molar refractivity (Wildman–Crippen MR) is 167 cm³/mol. The third kappa shape index (κ3) is 6.21. The second kappa shape index (κ2) is 12.2. The van der Waals surface area contributed by atoms with Gasteiger partial charge in [0.25, 0.3) is 5.91 Å². The number of nitrogens with zero attached hydrogens (tertiary/aromatic N) is 6. The molecule has 4 heterocycles. The van der Waals surface area contributed by atoms with Crippen LogP contribution in [0.4, 0.5) is 21.8 Å². The highest BCUT2D eigenvalue weighted by Gasteiger charge is 2.28. The highest BCUT2D eigenvalue weighted by atomic mass is 19.1. The lowest BCUT2D eigenvalue weighted by Crippen LogP contribution is -2.42. The number of benzene rings is 2. The van der Waals surface area contributed by atoms with E-state index in [1.807, 2.05) is 17.0 Å². The van der Waals surface area contributed by atoms with Gasteiger partial charge in [-0.15, -0.1) is 10.2 Å². The number of rotatable bonds is 8. The smallest absolute Gasteiger partial charge is 0.254 e. The molecule has 45 heavy (non-hydrogen) atoms. The average molecular weight is 612 g/mol. The average Bonchev–Trinajstić information content (AvgIpc) is 3.91. The quantitative estimate of drug-likeness (QED) is 0.197. The fraction of sp³-hybridized carbons (Fsp3) is 0.375. The van der Waals surface area contributed by atoms with Gasteiger partial charge >= 0.3 is 0 Å². The zero-order valence-corrected chi connectivity index (χ0v) is 24.7. The summed E-state index contributed by atoms with van der Waals surface area (Å²) in [6.07, 6.45) is 5.13. The molecule has 1 atom stereocenters. The molecule has 12 nitrogen and oxygen atoms in total. The van der Waals surface area contributed by atoms with E-state index in [1.165, 1.54) is 0 Å². The van der Waals surface area contributed by atoms with Gasteiger partial charge in [-0.2, -0.15) is 4.98 Å². The van der Waals surface area contributed by atoms with Crippen molar-refractivity contribution >= 4 is 40.0 Å². The summed E-state index contributed by atoms with van der Waals surface area (Å²) in [7, 11) is 0. The van der Waals surface area contributed by atoms with Crippen LogP contribution in [-0.2, 0) is 4.74 Å². The van der Waals surface area contributed by atoms with E-state index in [0.29, 0.717) is 67.9 Å². The molecule has 4 N–H and O–H groups in total. The Hall–Kier alpha value is -4.91. The van der Waals surface area contributed by atoms with E-state index in [9.17, 15) is 4.79 Å². The van der Waals surface area contributed by atoms with Gasteiger partial charge in [0.1, 0.15) is 17.8 Å². The molecule has 2 aliphatic heterocycles. The third-order valence-corrected chi connectivity index (χ3v) is 8.41. The van der Waals surface area contributed by atoms with Gasteiger partial charge < -0.3 is 30.3 Å². The van der Waals surface area contributed by atoms with Crippen molar-refractivity contribution in [3.05, 3.63) is 71.3 Å². The normalized spacial score (nSPS) is 18.6. The summed E-state index contributed by atoms with van der Waals surface area (Å²) in [5.41, 5.74) is 8.16. The second-order valence-electron chi connectivity index (χ2n) is 11.6. The Morgan fingerprint density at radius 2 is 1.87 bits per heavy atom. The van der Waals surface area contributed by atoms with E-state index in [2.05, 4.69) is 25.5 Å². The molecular weight excluding hydrogens is 577 g/mol. The topological polar surface area (TPSA) is 155 Å². The van der Waals surface area contributed by atoms with E-state index in [1.54, 1.807) is 41.4 Å². The number of ether oxygens (including phenoxy) is 2. The van der Waals surface area contributed by atoms with E-state index in [-0.39, 0.29) is 41.1 Å². The first-order chi connectivity index (χ1) is 21.9. The number of aromatic nitrogens is 4. The molecule has 1 aliphatic carbocycles. The first-order valence-corrected chi connectivity index (χ1v) is 15.3. The fourth-order valence-corrected chi connectivity index (χ4v) is 5.87. The van der Waals surface area contributed by atoms with Crippen LogP contribution >= 0.6 is 0 Å². The van der Waals surface area contributed by atoms with Crippen molar-refractivity contribution in [1.29, 1.82) is 5.41 Å². The minimum atomic E-state index is -0.313. The maximum absolute atomic E-state index is 15.2. The van der Waals surface area contributed by atoms with Gasteiger partial charge in [-0.1, -0.05) is 6.07 Å². The highest BCUT2D eigenvalue weighted by Crippen LogP contribution is 2.42. The number of hydrogen-bond donors (Lipinski definition) is 3. The standard InChI is InChI=1S/C32H34FN9O3/c33-25-17-22(19-3-4-19)16-21-9-10-36-30(26(21)25)45-24-2-1-11-42(18-24)32-38-29(27(28(34)35)39-40-32)37-23-7-5-20(6-8-23)31(43)41-12-14-44-15-13-41/h5-10,16-17,19,24H,1-4,11-15,18H2,(H3,34,35)(H,37,38,40)/t24-/m1/s1. The van der Waals surface area contributed by atoms with E-state index < -0.39 is 0 Å². The number of nitrogens with two attached hydrogens (primary N) is 1. The summed E-state index contributed by atoms with van der Waals surface area (Å²) < 4.78 is 26.9. The Morgan fingerprint density at radius 1 is 1.07 bits per heavy atom. The van der Waals surface area contributed by atoms with Crippen LogP contribution in [-0.4, -0.2) is 82.3 Å². The number of amides is 1. The summed E-state index contributed by atoms with van der Waals surface area (Å²) in [5.74, 6) is 0.700. The summed E-state index contributed by atoms with van der Waals surface area (Å²) >= 11 is 0. The number of carbonyl (C=O) groups excluding carboxylic acids is 1. The number of hydrogen-bond acceptors (Lipinski definition) is 10. The van der Waals surface area contributed by atoms with Crippen molar-refractivity contribution in [2.45, 2.75) is 37.7 Å². The van der Waals surface area contributed by atoms with Crippen LogP contribution in [0.15, 0.2) is 48.7 Å². The summed E-state index contributed by atoms with van der Waals surface area (Å²) in [5, 5.41) is 20.8. The molecule has 3 fully saturated rings. The van der Waals surface area contributed by atoms with Crippen molar-refractivity contribution in [3.8, 4) is 5.88 Å². The lowest BCUT2D eigenvalue weighted by atomic mass is 10.0. The van der Waals surface area contributed by atoms with Crippen molar-refractivity contribution in [2.75, 3.05) is 49.6 Å². The minimum Gasteiger partial charge on any atom is -0.472 e. The number of fused-ring (bicyclic) bond motifs is 1. The Balaban J connectivity index is 1.07. The zero-order valence-electron chi connectivity index (χ0n) is 24.7. The van der Waals surface area contributed by atoms with Gasteiger partial charge in [-0.3, -0.25) is 10.2 Å². The molecule has 0 unspecified atom stereocenters. The highest BCUT2D eigenvalue weighted by molar-refractivity contribution is 5.98. The van der Waals surface area contributed by atoms with Gasteiger partial charge in [-0.25, -0.2) is 9.37 Å². The van der Waals surface area contributed by atoms with E-state index in [4.69, 9.17) is 20.6 Å². The molecule has 2 aromatic carbocycles. The molecule has 13 heteroatoms. The lowest BCUT2D eigenvalue weighted by molar-refractivity contribution is 0.0303. The summed E-state index contributed by atoms with van der Waals surface area (Å²) in [4.78, 5) is 25.6. The molecule has 7 rings (SSSR count). The molecule has 232 valence electrons. The van der Waals surface area contributed by atoms with Crippen LogP contribution in [0, 0.1) is 11.2 Å². The number of nitrogen functional groups attached to an aromatic ring is 1. The minimum absolute atomic E-state index is 0.0495. The van der Waals surface area contributed by atoms with Gasteiger partial charge in [0.05, 0.1) is 25.1 Å². The molecule has 1 saturated carbocycles. The molecule has 2 aromatic heterocycles. The van der Waals surface area contributed by atoms with Gasteiger partial charge in [0.15, 0.2) is 11.5 Å². The Labute approximate surface area is 259 Å². The van der Waals surface area contributed by atoms with Crippen molar-refractivity contribution in [1.82, 2.24) is 25.1 Å². The number of anilines is 3. The second-order valence-corrected chi connectivity index (χ2v) is 11.6. The van der Waals surface area contributed by atoms with Crippen molar-refractivity contribution in [3.63, 3.8) is 0 Å². The Bertz CT molecular complexity index is 1740. The SMILES string of the molecule is N=C(N)c1nnc(N2CCC[C@@H](Oc3nccc4cc(C5CC5)cc(F)c34)C2)nc1Nc1ccc(C(=O)N2CCOCC2)cc1. The van der Waals surface area contributed by atoms with Crippen LogP contribution in [0.1, 0.15) is 53.2 Å². The largest absolute Gasteiger partial charge is 0.472 e. The Kier molecular flexibility index (Phi) is 7.84. The number of carbonyl (C=O) groups is 1. The van der Waals surface area contributed by atoms with Crippen LogP contribution in [0.2, 0.25) is 0 Å². The number of pyridine rings is 1. The number of nitrogens with one attached hydrogen (secondary N) is 2.